The first kappa shape index (κ1) is 17.7. The standard InChI is InChI=1S/C16H31N5/c1-10(2)12(11(3)4)9-18-13-8-14(21-17)20-15(19-13)16(5,6)7/h8,10-12H,9,17H2,1-7H3,(H2,18,19,20,21). The van der Waals surface area contributed by atoms with Crippen molar-refractivity contribution in [1.29, 1.82) is 0 Å². The second-order valence-electron chi connectivity index (χ2n) is 7.39. The van der Waals surface area contributed by atoms with Gasteiger partial charge in [-0.2, -0.15) is 0 Å². The van der Waals surface area contributed by atoms with Crippen LogP contribution in [-0.2, 0) is 5.41 Å². The Labute approximate surface area is 129 Å². The van der Waals surface area contributed by atoms with Gasteiger partial charge in [0.05, 0.1) is 0 Å². The summed E-state index contributed by atoms with van der Waals surface area (Å²) in [5.74, 6) is 9.64. The minimum atomic E-state index is -0.112. The molecule has 120 valence electrons. The van der Waals surface area contributed by atoms with E-state index in [9.17, 15) is 0 Å². The Hall–Kier alpha value is -1.36. The van der Waals surface area contributed by atoms with Crippen molar-refractivity contribution < 1.29 is 0 Å². The van der Waals surface area contributed by atoms with Crippen LogP contribution in [0.1, 0.15) is 54.3 Å². The van der Waals surface area contributed by atoms with Crippen LogP contribution in [-0.4, -0.2) is 16.5 Å². The Morgan fingerprint density at radius 1 is 1.05 bits per heavy atom. The van der Waals surface area contributed by atoms with Gasteiger partial charge in [0.1, 0.15) is 17.5 Å². The lowest BCUT2D eigenvalue weighted by atomic mass is 9.85. The average Bonchev–Trinajstić information content (AvgIpc) is 2.36. The third-order valence-corrected chi connectivity index (χ3v) is 3.78. The van der Waals surface area contributed by atoms with Gasteiger partial charge in [0.2, 0.25) is 0 Å². The Balaban J connectivity index is 2.92. The second-order valence-corrected chi connectivity index (χ2v) is 7.39. The molecule has 5 heteroatoms. The molecule has 0 spiro atoms. The maximum absolute atomic E-state index is 5.52. The summed E-state index contributed by atoms with van der Waals surface area (Å²) < 4.78 is 0. The van der Waals surface area contributed by atoms with Crippen molar-refractivity contribution in [3.8, 4) is 0 Å². The van der Waals surface area contributed by atoms with Crippen LogP contribution in [0.25, 0.3) is 0 Å². The highest BCUT2D eigenvalue weighted by molar-refractivity contribution is 5.47. The van der Waals surface area contributed by atoms with Crippen LogP contribution in [0.5, 0.6) is 0 Å². The number of hydrogen-bond donors (Lipinski definition) is 3. The number of nitrogens with zero attached hydrogens (tertiary/aromatic N) is 2. The highest BCUT2D eigenvalue weighted by Gasteiger charge is 2.20. The van der Waals surface area contributed by atoms with Crippen LogP contribution in [0.4, 0.5) is 11.6 Å². The zero-order chi connectivity index (χ0) is 16.2. The van der Waals surface area contributed by atoms with E-state index < -0.39 is 0 Å². The number of nitrogens with one attached hydrogen (secondary N) is 2. The van der Waals surface area contributed by atoms with Gasteiger partial charge in [-0.3, -0.25) is 0 Å². The van der Waals surface area contributed by atoms with Crippen LogP contribution >= 0.6 is 0 Å². The van der Waals surface area contributed by atoms with Gasteiger partial charge >= 0.3 is 0 Å². The number of nitrogens with two attached hydrogens (primary N) is 1. The quantitative estimate of drug-likeness (QED) is 0.553. The molecule has 1 rings (SSSR count). The Morgan fingerprint density at radius 2 is 1.57 bits per heavy atom. The molecule has 0 unspecified atom stereocenters. The van der Waals surface area contributed by atoms with Gasteiger partial charge in [0, 0.05) is 18.0 Å². The fourth-order valence-electron chi connectivity index (χ4n) is 2.41. The molecule has 0 saturated carbocycles. The first-order chi connectivity index (χ1) is 9.65. The van der Waals surface area contributed by atoms with E-state index >= 15 is 0 Å². The van der Waals surface area contributed by atoms with Gasteiger partial charge in [-0.25, -0.2) is 15.8 Å². The van der Waals surface area contributed by atoms with E-state index in [0.717, 1.165) is 18.2 Å². The largest absolute Gasteiger partial charge is 0.370 e. The molecule has 0 aliphatic heterocycles. The normalized spacial score (nSPS) is 12.3. The summed E-state index contributed by atoms with van der Waals surface area (Å²) >= 11 is 0. The molecule has 0 bridgehead atoms. The first-order valence-electron chi connectivity index (χ1n) is 7.75. The van der Waals surface area contributed by atoms with Crippen LogP contribution < -0.4 is 16.6 Å². The van der Waals surface area contributed by atoms with Crippen molar-refractivity contribution in [3.63, 3.8) is 0 Å². The molecule has 4 N–H and O–H groups in total. The lowest BCUT2D eigenvalue weighted by Gasteiger charge is -2.26. The lowest BCUT2D eigenvalue weighted by Crippen LogP contribution is -2.26. The van der Waals surface area contributed by atoms with Gasteiger partial charge in [-0.15, -0.1) is 0 Å². The van der Waals surface area contributed by atoms with Gasteiger partial charge < -0.3 is 10.7 Å². The van der Waals surface area contributed by atoms with Crippen molar-refractivity contribution in [3.05, 3.63) is 11.9 Å². The van der Waals surface area contributed by atoms with Crippen LogP contribution in [0.15, 0.2) is 6.07 Å². The Morgan fingerprint density at radius 3 is 2.00 bits per heavy atom. The number of aromatic nitrogens is 2. The molecule has 21 heavy (non-hydrogen) atoms. The molecule has 0 amide bonds. The van der Waals surface area contributed by atoms with Crippen molar-refractivity contribution >= 4 is 11.6 Å². The van der Waals surface area contributed by atoms with Gasteiger partial charge in [0.15, 0.2) is 0 Å². The van der Waals surface area contributed by atoms with Gasteiger partial charge in [-0.05, 0) is 17.8 Å². The summed E-state index contributed by atoms with van der Waals surface area (Å²) in [5.41, 5.74) is 2.51. The highest BCUT2D eigenvalue weighted by atomic mass is 15.3. The van der Waals surface area contributed by atoms with Gasteiger partial charge in [0.25, 0.3) is 0 Å². The fourth-order valence-corrected chi connectivity index (χ4v) is 2.41. The molecule has 0 aliphatic carbocycles. The number of nitrogen functional groups attached to an aromatic ring is 1. The summed E-state index contributed by atoms with van der Waals surface area (Å²) in [7, 11) is 0. The zero-order valence-electron chi connectivity index (χ0n) is 14.5. The second kappa shape index (κ2) is 7.07. The van der Waals surface area contributed by atoms with Crippen molar-refractivity contribution in [2.45, 2.75) is 53.9 Å². The van der Waals surface area contributed by atoms with Crippen LogP contribution in [0.3, 0.4) is 0 Å². The summed E-state index contributed by atoms with van der Waals surface area (Å²) in [5, 5.41) is 3.45. The maximum atomic E-state index is 5.52. The van der Waals surface area contributed by atoms with Crippen LogP contribution in [0, 0.1) is 17.8 Å². The maximum Gasteiger partial charge on any atom is 0.145 e. The smallest absolute Gasteiger partial charge is 0.145 e. The number of hydrazine groups is 1. The molecule has 0 saturated heterocycles. The average molecular weight is 293 g/mol. The summed E-state index contributed by atoms with van der Waals surface area (Å²) in [4.78, 5) is 9.06. The molecule has 1 heterocycles. The van der Waals surface area contributed by atoms with Crippen molar-refractivity contribution in [1.82, 2.24) is 9.97 Å². The molecular formula is C16H31N5. The zero-order valence-corrected chi connectivity index (χ0v) is 14.5. The number of hydrogen-bond acceptors (Lipinski definition) is 5. The molecule has 5 nitrogen and oxygen atoms in total. The highest BCUT2D eigenvalue weighted by Crippen LogP contribution is 2.24. The topological polar surface area (TPSA) is 75.9 Å². The van der Waals surface area contributed by atoms with Crippen molar-refractivity contribution in [2.75, 3.05) is 17.3 Å². The summed E-state index contributed by atoms with van der Waals surface area (Å²) in [6, 6.07) is 1.85. The first-order valence-corrected chi connectivity index (χ1v) is 7.75. The molecule has 0 aromatic carbocycles. The minimum Gasteiger partial charge on any atom is -0.370 e. The predicted molar refractivity (Wildman–Crippen MR) is 90.2 cm³/mol. The third kappa shape index (κ3) is 5.16. The van der Waals surface area contributed by atoms with E-state index in [1.807, 2.05) is 6.07 Å². The molecule has 0 atom stereocenters. The van der Waals surface area contributed by atoms with E-state index in [1.165, 1.54) is 0 Å². The third-order valence-electron chi connectivity index (χ3n) is 3.78. The van der Waals surface area contributed by atoms with Crippen LogP contribution in [0.2, 0.25) is 0 Å². The van der Waals surface area contributed by atoms with E-state index in [4.69, 9.17) is 5.84 Å². The number of anilines is 2. The summed E-state index contributed by atoms with van der Waals surface area (Å²) in [6.07, 6.45) is 0. The Bertz CT molecular complexity index is 440. The fraction of sp³-hybridized carbons (Fsp3) is 0.750. The van der Waals surface area contributed by atoms with E-state index in [1.54, 1.807) is 0 Å². The molecule has 0 aliphatic rings. The lowest BCUT2D eigenvalue weighted by molar-refractivity contribution is 0.304. The van der Waals surface area contributed by atoms with E-state index in [0.29, 0.717) is 23.6 Å². The monoisotopic (exact) mass is 293 g/mol. The number of rotatable bonds is 6. The van der Waals surface area contributed by atoms with Gasteiger partial charge in [-0.1, -0.05) is 48.5 Å². The molecule has 0 radical (unpaired) electrons. The summed E-state index contributed by atoms with van der Waals surface area (Å²) in [6.45, 7) is 16.2. The SMILES string of the molecule is CC(C)C(CNc1cc(NN)nc(C(C)(C)C)n1)C(C)C. The molecule has 1 aromatic rings. The minimum absolute atomic E-state index is 0.112. The predicted octanol–water partition coefficient (Wildman–Crippen LogP) is 3.40. The molecular weight excluding hydrogens is 262 g/mol. The molecule has 0 fully saturated rings. The van der Waals surface area contributed by atoms with Crippen molar-refractivity contribution in [2.24, 2.45) is 23.6 Å². The van der Waals surface area contributed by atoms with E-state index in [-0.39, 0.29) is 5.41 Å². The molecule has 1 aromatic heterocycles. The Kier molecular flexibility index (Phi) is 5.96. The van der Waals surface area contributed by atoms with E-state index in [2.05, 4.69) is 69.2 Å².